The second-order valence-corrected chi connectivity index (χ2v) is 7.94. The van der Waals surface area contributed by atoms with Crippen LogP contribution in [0.1, 0.15) is 5.76 Å². The van der Waals surface area contributed by atoms with Crippen LogP contribution in [0.2, 0.25) is 0 Å². The van der Waals surface area contributed by atoms with Gasteiger partial charge in [-0.25, -0.2) is 8.42 Å². The summed E-state index contributed by atoms with van der Waals surface area (Å²) in [4.78, 5) is 13.8. The molecule has 2 heterocycles. The van der Waals surface area contributed by atoms with Gasteiger partial charge in [-0.05, 0) is 24.3 Å². The molecule has 0 saturated heterocycles. The molecule has 9 heteroatoms. The Morgan fingerprint density at radius 1 is 1.12 bits per heavy atom. The first-order valence-electron chi connectivity index (χ1n) is 8.00. The largest absolute Gasteiger partial charge is 0.486 e. The number of hydrogen-bond donors (Lipinski definition) is 0. The highest BCUT2D eigenvalue weighted by Gasteiger charge is 2.26. The van der Waals surface area contributed by atoms with E-state index in [-0.39, 0.29) is 23.9 Å². The minimum Gasteiger partial charge on any atom is -0.486 e. The van der Waals surface area contributed by atoms with E-state index in [4.69, 9.17) is 13.9 Å². The summed E-state index contributed by atoms with van der Waals surface area (Å²) in [6.45, 7) is 0.773. The van der Waals surface area contributed by atoms with Crippen LogP contribution < -0.4 is 9.47 Å². The van der Waals surface area contributed by atoms with Crippen LogP contribution in [0.15, 0.2) is 45.9 Å². The van der Waals surface area contributed by atoms with E-state index >= 15 is 0 Å². The summed E-state index contributed by atoms with van der Waals surface area (Å²) in [7, 11) is -0.878. The number of rotatable bonds is 6. The summed E-state index contributed by atoms with van der Waals surface area (Å²) in [5, 5.41) is 0. The molecule has 0 saturated carbocycles. The van der Waals surface area contributed by atoms with Gasteiger partial charge in [0, 0.05) is 20.2 Å². The molecular formula is C17H20N2O6S. The Hall–Kier alpha value is -2.52. The molecule has 8 nitrogen and oxygen atoms in total. The molecule has 1 aliphatic heterocycles. The monoisotopic (exact) mass is 380 g/mol. The summed E-state index contributed by atoms with van der Waals surface area (Å²) in [5.41, 5.74) is 0. The highest BCUT2D eigenvalue weighted by atomic mass is 32.2. The topological polar surface area (TPSA) is 89.3 Å². The summed E-state index contributed by atoms with van der Waals surface area (Å²) in [6, 6.07) is 7.89. The van der Waals surface area contributed by atoms with Gasteiger partial charge in [0.1, 0.15) is 19.0 Å². The molecule has 0 fully saturated rings. The molecule has 26 heavy (non-hydrogen) atoms. The molecule has 0 radical (unpaired) electrons. The predicted octanol–water partition coefficient (Wildman–Crippen LogP) is 1.33. The van der Waals surface area contributed by atoms with Crippen molar-refractivity contribution in [3.8, 4) is 11.5 Å². The van der Waals surface area contributed by atoms with E-state index in [1.54, 1.807) is 25.2 Å². The third kappa shape index (κ3) is 3.83. The van der Waals surface area contributed by atoms with Crippen LogP contribution in [-0.2, 0) is 21.4 Å². The highest BCUT2D eigenvalue weighted by molar-refractivity contribution is 7.89. The maximum Gasteiger partial charge on any atom is 0.243 e. The van der Waals surface area contributed by atoms with Crippen molar-refractivity contribution in [2.75, 3.05) is 33.9 Å². The van der Waals surface area contributed by atoms with E-state index in [1.165, 1.54) is 30.3 Å². The Bertz CT molecular complexity index is 879. The lowest BCUT2D eigenvalue weighted by Gasteiger charge is -2.22. The number of nitrogens with zero attached hydrogens (tertiary/aromatic N) is 2. The number of likely N-dealkylation sites (N-methyl/N-ethyl adjacent to an activating group) is 2. The van der Waals surface area contributed by atoms with E-state index in [0.717, 1.165) is 4.31 Å². The molecule has 0 N–H and O–H groups in total. The predicted molar refractivity (Wildman–Crippen MR) is 92.4 cm³/mol. The lowest BCUT2D eigenvalue weighted by Crippen LogP contribution is -2.39. The fourth-order valence-corrected chi connectivity index (χ4v) is 3.62. The SMILES string of the molecule is CN(Cc1ccco1)C(=O)CN(C)S(=O)(=O)c1ccc2c(c1)OCCO2. The van der Waals surface area contributed by atoms with E-state index in [9.17, 15) is 13.2 Å². The zero-order valence-electron chi connectivity index (χ0n) is 14.5. The van der Waals surface area contributed by atoms with Crippen LogP contribution in [0.5, 0.6) is 11.5 Å². The number of sulfonamides is 1. The van der Waals surface area contributed by atoms with Gasteiger partial charge in [-0.2, -0.15) is 4.31 Å². The second kappa shape index (κ2) is 7.38. The van der Waals surface area contributed by atoms with Gasteiger partial charge in [0.15, 0.2) is 11.5 Å². The van der Waals surface area contributed by atoms with Crippen molar-refractivity contribution in [1.82, 2.24) is 9.21 Å². The molecule has 140 valence electrons. The Labute approximate surface area is 152 Å². The number of carbonyl (C=O) groups excluding carboxylic acids is 1. The molecule has 0 aliphatic carbocycles. The number of ether oxygens (including phenoxy) is 2. The number of carbonyl (C=O) groups is 1. The van der Waals surface area contributed by atoms with Gasteiger partial charge in [-0.3, -0.25) is 4.79 Å². The van der Waals surface area contributed by atoms with Crippen LogP contribution in [0.4, 0.5) is 0 Å². The normalized spacial score (nSPS) is 13.7. The van der Waals surface area contributed by atoms with Crippen LogP contribution in [0.3, 0.4) is 0 Å². The lowest BCUT2D eigenvalue weighted by atomic mass is 10.3. The number of fused-ring (bicyclic) bond motifs is 1. The first-order valence-corrected chi connectivity index (χ1v) is 9.44. The standard InChI is InChI=1S/C17H20N2O6S/c1-18(11-13-4-3-7-23-13)17(20)12-19(2)26(21,22)14-5-6-15-16(10-14)25-9-8-24-15/h3-7,10H,8-9,11-12H2,1-2H3. The minimum atomic E-state index is -3.84. The summed E-state index contributed by atoms with van der Waals surface area (Å²) in [5.74, 6) is 1.17. The van der Waals surface area contributed by atoms with Gasteiger partial charge in [0.2, 0.25) is 15.9 Å². The molecule has 1 amide bonds. The Balaban J connectivity index is 1.69. The van der Waals surface area contributed by atoms with E-state index in [1.807, 2.05) is 0 Å². The van der Waals surface area contributed by atoms with Crippen LogP contribution in [0, 0.1) is 0 Å². The summed E-state index contributed by atoms with van der Waals surface area (Å²) >= 11 is 0. The fourth-order valence-electron chi connectivity index (χ4n) is 2.48. The molecule has 3 rings (SSSR count). The second-order valence-electron chi connectivity index (χ2n) is 5.90. The van der Waals surface area contributed by atoms with Crippen molar-refractivity contribution < 1.29 is 27.1 Å². The maximum absolute atomic E-state index is 12.7. The van der Waals surface area contributed by atoms with E-state index < -0.39 is 10.0 Å². The zero-order chi connectivity index (χ0) is 18.7. The molecule has 0 bridgehead atoms. The number of furan rings is 1. The molecule has 1 aliphatic rings. The third-order valence-corrected chi connectivity index (χ3v) is 5.78. The number of amides is 1. The van der Waals surface area contributed by atoms with Crippen LogP contribution in [0.25, 0.3) is 0 Å². The fraction of sp³-hybridized carbons (Fsp3) is 0.353. The zero-order valence-corrected chi connectivity index (χ0v) is 15.4. The quantitative estimate of drug-likeness (QED) is 0.751. The van der Waals surface area contributed by atoms with Crippen LogP contribution in [-0.4, -0.2) is 57.4 Å². The van der Waals surface area contributed by atoms with Gasteiger partial charge < -0.3 is 18.8 Å². The van der Waals surface area contributed by atoms with Gasteiger partial charge >= 0.3 is 0 Å². The Morgan fingerprint density at radius 3 is 2.54 bits per heavy atom. The molecule has 0 spiro atoms. The van der Waals surface area contributed by atoms with Gasteiger partial charge in [-0.15, -0.1) is 0 Å². The van der Waals surface area contributed by atoms with Gasteiger partial charge in [0.25, 0.3) is 0 Å². The van der Waals surface area contributed by atoms with Crippen molar-refractivity contribution in [2.24, 2.45) is 0 Å². The molecule has 1 aromatic carbocycles. The Kier molecular flexibility index (Phi) is 5.19. The Morgan fingerprint density at radius 2 is 1.85 bits per heavy atom. The van der Waals surface area contributed by atoms with Crippen LogP contribution >= 0.6 is 0 Å². The maximum atomic E-state index is 12.7. The summed E-state index contributed by atoms with van der Waals surface area (Å²) in [6.07, 6.45) is 1.52. The van der Waals surface area contributed by atoms with Crippen molar-refractivity contribution in [2.45, 2.75) is 11.4 Å². The molecule has 0 atom stereocenters. The highest BCUT2D eigenvalue weighted by Crippen LogP contribution is 2.32. The summed E-state index contributed by atoms with van der Waals surface area (Å²) < 4.78 is 42.5. The van der Waals surface area contributed by atoms with Gasteiger partial charge in [0.05, 0.1) is 24.2 Å². The van der Waals surface area contributed by atoms with Crippen molar-refractivity contribution in [1.29, 1.82) is 0 Å². The average molecular weight is 380 g/mol. The number of benzene rings is 1. The van der Waals surface area contributed by atoms with E-state index in [2.05, 4.69) is 0 Å². The smallest absolute Gasteiger partial charge is 0.243 e. The molecule has 2 aromatic rings. The average Bonchev–Trinajstić information content (AvgIpc) is 3.14. The van der Waals surface area contributed by atoms with E-state index in [0.29, 0.717) is 30.5 Å². The first-order chi connectivity index (χ1) is 12.4. The third-order valence-electron chi connectivity index (χ3n) is 3.98. The van der Waals surface area contributed by atoms with Crippen molar-refractivity contribution in [3.05, 3.63) is 42.4 Å². The lowest BCUT2D eigenvalue weighted by molar-refractivity contribution is -0.130. The van der Waals surface area contributed by atoms with Crippen molar-refractivity contribution in [3.63, 3.8) is 0 Å². The molecule has 1 aromatic heterocycles. The minimum absolute atomic E-state index is 0.0470. The molecular weight excluding hydrogens is 360 g/mol. The number of hydrogen-bond acceptors (Lipinski definition) is 6. The molecule has 0 unspecified atom stereocenters. The van der Waals surface area contributed by atoms with Gasteiger partial charge in [-0.1, -0.05) is 0 Å². The van der Waals surface area contributed by atoms with Crippen molar-refractivity contribution >= 4 is 15.9 Å². The first kappa shape index (κ1) is 18.3.